The number of aryl methyl sites for hydroxylation is 1. The summed E-state index contributed by atoms with van der Waals surface area (Å²) in [5.74, 6) is 0.0751. The van der Waals surface area contributed by atoms with Crippen LogP contribution >= 0.6 is 0 Å². The van der Waals surface area contributed by atoms with E-state index in [1.807, 2.05) is 24.3 Å². The van der Waals surface area contributed by atoms with E-state index in [0.29, 0.717) is 16.9 Å². The van der Waals surface area contributed by atoms with E-state index < -0.39 is 0 Å². The lowest BCUT2D eigenvalue weighted by Gasteiger charge is -2.08. The smallest absolute Gasteiger partial charge is 0.174 e. The Bertz CT molecular complexity index is 1100. The van der Waals surface area contributed by atoms with Gasteiger partial charge in [-0.15, -0.1) is 0 Å². The van der Waals surface area contributed by atoms with Crippen LogP contribution in [0.2, 0.25) is 0 Å². The van der Waals surface area contributed by atoms with Crippen molar-refractivity contribution in [1.29, 1.82) is 0 Å². The lowest BCUT2D eigenvalue weighted by atomic mass is 9.97. The number of hydrogen-bond acceptors (Lipinski definition) is 3. The van der Waals surface area contributed by atoms with E-state index in [2.05, 4.69) is 31.2 Å². The normalized spacial score (nSPS) is 10.9. The third-order valence-electron chi connectivity index (χ3n) is 7.04. The molecule has 196 valence electrons. The highest BCUT2D eigenvalue weighted by atomic mass is 16.5. The summed E-state index contributed by atoms with van der Waals surface area (Å²) in [6.07, 6.45) is 14.5. The van der Waals surface area contributed by atoms with Crippen LogP contribution in [-0.4, -0.2) is 18.7 Å². The fraction of sp³-hybridized carbons (Fsp3) is 0.412. The molecule has 0 radical (unpaired) electrons. The molecule has 0 aromatic heterocycles. The minimum Gasteiger partial charge on any atom is -0.496 e. The summed E-state index contributed by atoms with van der Waals surface area (Å²) in [6.45, 7) is 2.27. The summed E-state index contributed by atoms with van der Waals surface area (Å²) >= 11 is 0. The number of hydrogen-bond donors (Lipinski definition) is 0. The summed E-state index contributed by atoms with van der Waals surface area (Å²) in [5.41, 5.74) is 4.57. The Morgan fingerprint density at radius 3 is 1.76 bits per heavy atom. The predicted molar refractivity (Wildman–Crippen MR) is 154 cm³/mol. The second-order valence-corrected chi connectivity index (χ2v) is 9.93. The minimum absolute atomic E-state index is 0.173. The molecule has 3 rings (SSSR count). The van der Waals surface area contributed by atoms with Crippen molar-refractivity contribution < 1.29 is 14.3 Å². The van der Waals surface area contributed by atoms with E-state index >= 15 is 0 Å². The Hall–Kier alpha value is -3.20. The third-order valence-corrected chi connectivity index (χ3v) is 7.04. The first kappa shape index (κ1) is 28.4. The van der Waals surface area contributed by atoms with Crippen LogP contribution in [-0.2, 0) is 6.42 Å². The summed E-state index contributed by atoms with van der Waals surface area (Å²) in [4.78, 5) is 25.3. The Kier molecular flexibility index (Phi) is 12.1. The highest BCUT2D eigenvalue weighted by Gasteiger charge is 2.17. The van der Waals surface area contributed by atoms with Crippen LogP contribution < -0.4 is 4.74 Å². The first-order valence-corrected chi connectivity index (χ1v) is 14.0. The average Bonchev–Trinajstić information content (AvgIpc) is 2.94. The molecular formula is C34H42O3. The van der Waals surface area contributed by atoms with Crippen molar-refractivity contribution in [3.05, 3.63) is 89.5 Å². The summed E-state index contributed by atoms with van der Waals surface area (Å²) in [6, 6.07) is 23.3. The van der Waals surface area contributed by atoms with Gasteiger partial charge < -0.3 is 4.74 Å². The second-order valence-electron chi connectivity index (χ2n) is 9.93. The number of rotatable bonds is 17. The SMILES string of the molecule is CCCCCCCCCCCCc1ccc(-c2ccc(C(=O)CC(=O)c3ccccc3OC)cc2)cc1. The Labute approximate surface area is 223 Å². The average molecular weight is 499 g/mol. The zero-order chi connectivity index (χ0) is 26.3. The monoisotopic (exact) mass is 498 g/mol. The van der Waals surface area contributed by atoms with Gasteiger partial charge in [-0.25, -0.2) is 0 Å². The maximum atomic E-state index is 12.7. The molecule has 0 bridgehead atoms. The number of ketones is 2. The molecule has 0 N–H and O–H groups in total. The van der Waals surface area contributed by atoms with Crippen LogP contribution in [0.5, 0.6) is 5.75 Å². The standard InChI is InChI=1S/C34H42O3/c1-3-4-5-6-7-8-9-10-11-12-15-27-18-20-28(21-19-27)29-22-24-30(25-23-29)32(35)26-33(36)31-16-13-14-17-34(31)37-2/h13-14,16-25H,3-12,15,26H2,1-2H3. The fourth-order valence-corrected chi connectivity index (χ4v) is 4.75. The van der Waals surface area contributed by atoms with Gasteiger partial charge in [0.1, 0.15) is 5.75 Å². The molecule has 0 saturated heterocycles. The molecule has 37 heavy (non-hydrogen) atoms. The summed E-state index contributed by atoms with van der Waals surface area (Å²) in [5, 5.41) is 0. The predicted octanol–water partition coefficient (Wildman–Crippen LogP) is 9.28. The van der Waals surface area contributed by atoms with Gasteiger partial charge in [0.2, 0.25) is 0 Å². The molecule has 3 nitrogen and oxygen atoms in total. The molecule has 0 aliphatic carbocycles. The fourth-order valence-electron chi connectivity index (χ4n) is 4.75. The van der Waals surface area contributed by atoms with Crippen molar-refractivity contribution in [3.8, 4) is 16.9 Å². The van der Waals surface area contributed by atoms with Gasteiger partial charge in [-0.2, -0.15) is 0 Å². The Morgan fingerprint density at radius 1 is 0.622 bits per heavy atom. The van der Waals surface area contributed by atoms with Crippen molar-refractivity contribution >= 4 is 11.6 Å². The van der Waals surface area contributed by atoms with Crippen LogP contribution in [0.3, 0.4) is 0 Å². The summed E-state index contributed by atoms with van der Waals surface area (Å²) < 4.78 is 5.25. The van der Waals surface area contributed by atoms with Gasteiger partial charge in [0, 0.05) is 5.56 Å². The zero-order valence-electron chi connectivity index (χ0n) is 22.6. The molecule has 0 heterocycles. The zero-order valence-corrected chi connectivity index (χ0v) is 22.6. The topological polar surface area (TPSA) is 43.4 Å². The highest BCUT2D eigenvalue weighted by molar-refractivity contribution is 6.14. The summed E-state index contributed by atoms with van der Waals surface area (Å²) in [7, 11) is 1.53. The van der Waals surface area contributed by atoms with Crippen LogP contribution in [0.25, 0.3) is 11.1 Å². The van der Waals surface area contributed by atoms with E-state index in [4.69, 9.17) is 4.74 Å². The Balaban J connectivity index is 1.42. The van der Waals surface area contributed by atoms with Gasteiger partial charge in [-0.05, 0) is 41.7 Å². The van der Waals surface area contributed by atoms with Crippen LogP contribution in [0.15, 0.2) is 72.8 Å². The maximum absolute atomic E-state index is 12.7. The number of unbranched alkanes of at least 4 members (excludes halogenated alkanes) is 9. The number of Topliss-reactive ketones (excluding diaryl/α,β-unsaturated/α-hetero) is 2. The van der Waals surface area contributed by atoms with E-state index in [1.54, 1.807) is 24.3 Å². The van der Waals surface area contributed by atoms with Gasteiger partial charge in [0.05, 0.1) is 19.1 Å². The lowest BCUT2D eigenvalue weighted by molar-refractivity contribution is 0.0892. The van der Waals surface area contributed by atoms with E-state index in [-0.39, 0.29) is 18.0 Å². The van der Waals surface area contributed by atoms with Gasteiger partial charge in [-0.3, -0.25) is 9.59 Å². The van der Waals surface area contributed by atoms with E-state index in [9.17, 15) is 9.59 Å². The molecule has 0 saturated carbocycles. The molecule has 0 amide bonds. The molecule has 0 aliphatic heterocycles. The van der Waals surface area contributed by atoms with Gasteiger partial charge in [0.25, 0.3) is 0 Å². The molecule has 0 unspecified atom stereocenters. The van der Waals surface area contributed by atoms with Gasteiger partial charge >= 0.3 is 0 Å². The maximum Gasteiger partial charge on any atom is 0.174 e. The third kappa shape index (κ3) is 9.31. The first-order chi connectivity index (χ1) is 18.1. The number of carbonyl (C=O) groups excluding carboxylic acids is 2. The van der Waals surface area contributed by atoms with Crippen molar-refractivity contribution in [3.63, 3.8) is 0 Å². The van der Waals surface area contributed by atoms with Crippen molar-refractivity contribution in [2.75, 3.05) is 7.11 Å². The number of para-hydroxylation sites is 1. The van der Waals surface area contributed by atoms with Crippen molar-refractivity contribution in [2.24, 2.45) is 0 Å². The van der Waals surface area contributed by atoms with E-state index in [1.165, 1.54) is 76.9 Å². The quantitative estimate of drug-likeness (QED) is 0.106. The molecule has 0 aliphatic rings. The molecule has 3 heteroatoms. The van der Waals surface area contributed by atoms with Crippen LogP contribution in [0.1, 0.15) is 104 Å². The molecule has 3 aromatic rings. The number of methoxy groups -OCH3 is 1. The molecule has 0 spiro atoms. The lowest BCUT2D eigenvalue weighted by Crippen LogP contribution is -2.09. The van der Waals surface area contributed by atoms with Gasteiger partial charge in [0.15, 0.2) is 11.6 Å². The number of benzene rings is 3. The highest BCUT2D eigenvalue weighted by Crippen LogP contribution is 2.23. The van der Waals surface area contributed by atoms with Gasteiger partial charge in [-0.1, -0.05) is 125 Å². The van der Waals surface area contributed by atoms with Crippen LogP contribution in [0.4, 0.5) is 0 Å². The number of carbonyl (C=O) groups is 2. The van der Waals surface area contributed by atoms with Crippen molar-refractivity contribution in [1.82, 2.24) is 0 Å². The Morgan fingerprint density at radius 2 is 1.16 bits per heavy atom. The van der Waals surface area contributed by atoms with Crippen molar-refractivity contribution in [2.45, 2.75) is 84.0 Å². The largest absolute Gasteiger partial charge is 0.496 e. The second kappa shape index (κ2) is 15.8. The molecular weight excluding hydrogens is 456 g/mol. The molecule has 3 aromatic carbocycles. The molecule has 0 fully saturated rings. The first-order valence-electron chi connectivity index (χ1n) is 14.0. The number of ether oxygens (including phenoxy) is 1. The minimum atomic E-state index is -0.232. The van der Waals surface area contributed by atoms with Crippen LogP contribution in [0, 0.1) is 0 Å². The molecule has 0 atom stereocenters. The van der Waals surface area contributed by atoms with E-state index in [0.717, 1.165) is 17.5 Å².